The van der Waals surface area contributed by atoms with E-state index in [1.54, 1.807) is 0 Å². The molecule has 1 unspecified atom stereocenters. The Hall–Kier alpha value is -0.190. The van der Waals surface area contributed by atoms with Gasteiger partial charge in [0, 0.05) is 32.3 Å². The van der Waals surface area contributed by atoms with E-state index in [0.717, 1.165) is 10.0 Å². The number of benzene rings is 1. The Balaban J connectivity index is 2.59. The summed E-state index contributed by atoms with van der Waals surface area (Å²) in [6.45, 7) is 3.79. The summed E-state index contributed by atoms with van der Waals surface area (Å²) in [5.74, 6) is 1.10. The van der Waals surface area contributed by atoms with Crippen LogP contribution in [-0.2, 0) is 16.6 Å². The SMILES string of the molecule is CC(C)(N)CS(=O)Cc1cccc(Br)c1. The summed E-state index contributed by atoms with van der Waals surface area (Å²) >= 11 is 3.39. The van der Waals surface area contributed by atoms with E-state index in [1.807, 2.05) is 38.1 Å². The zero-order valence-electron chi connectivity index (χ0n) is 9.00. The molecule has 15 heavy (non-hydrogen) atoms. The van der Waals surface area contributed by atoms with Gasteiger partial charge in [-0.3, -0.25) is 4.21 Å². The van der Waals surface area contributed by atoms with Crippen LogP contribution in [0.4, 0.5) is 0 Å². The highest BCUT2D eigenvalue weighted by Gasteiger charge is 2.15. The van der Waals surface area contributed by atoms with Gasteiger partial charge in [0.15, 0.2) is 0 Å². The van der Waals surface area contributed by atoms with Crippen molar-refractivity contribution in [1.29, 1.82) is 0 Å². The van der Waals surface area contributed by atoms with Crippen LogP contribution in [-0.4, -0.2) is 15.5 Å². The lowest BCUT2D eigenvalue weighted by molar-refractivity contribution is 0.577. The lowest BCUT2D eigenvalue weighted by atomic mass is 10.1. The minimum Gasteiger partial charge on any atom is -0.325 e. The molecule has 1 rings (SSSR count). The molecule has 1 aromatic carbocycles. The van der Waals surface area contributed by atoms with Crippen LogP contribution in [0, 0.1) is 0 Å². The Morgan fingerprint density at radius 3 is 2.67 bits per heavy atom. The second kappa shape index (κ2) is 5.23. The first-order chi connectivity index (χ1) is 6.87. The van der Waals surface area contributed by atoms with Crippen LogP contribution in [0.5, 0.6) is 0 Å². The van der Waals surface area contributed by atoms with Gasteiger partial charge in [-0.2, -0.15) is 0 Å². The molecule has 0 aliphatic carbocycles. The molecule has 84 valence electrons. The predicted molar refractivity (Wildman–Crippen MR) is 69.1 cm³/mol. The molecule has 0 heterocycles. The van der Waals surface area contributed by atoms with Crippen molar-refractivity contribution in [2.75, 3.05) is 5.75 Å². The minimum atomic E-state index is -0.895. The number of nitrogens with two attached hydrogens (primary N) is 1. The van der Waals surface area contributed by atoms with E-state index >= 15 is 0 Å². The summed E-state index contributed by atoms with van der Waals surface area (Å²) in [5, 5.41) is 0. The lowest BCUT2D eigenvalue weighted by Gasteiger charge is -2.17. The van der Waals surface area contributed by atoms with Crippen molar-refractivity contribution in [2.24, 2.45) is 5.73 Å². The molecule has 0 aliphatic rings. The average Bonchev–Trinajstić information content (AvgIpc) is 1.99. The molecule has 0 aromatic heterocycles. The topological polar surface area (TPSA) is 43.1 Å². The van der Waals surface area contributed by atoms with E-state index in [2.05, 4.69) is 15.9 Å². The highest BCUT2D eigenvalue weighted by Crippen LogP contribution is 2.14. The van der Waals surface area contributed by atoms with Gasteiger partial charge < -0.3 is 5.73 Å². The minimum absolute atomic E-state index is 0.364. The summed E-state index contributed by atoms with van der Waals surface area (Å²) in [4.78, 5) is 0. The van der Waals surface area contributed by atoms with Gasteiger partial charge in [0.05, 0.1) is 0 Å². The molecular formula is C11H16BrNOS. The average molecular weight is 290 g/mol. The van der Waals surface area contributed by atoms with Crippen LogP contribution in [0.3, 0.4) is 0 Å². The maximum atomic E-state index is 11.8. The van der Waals surface area contributed by atoms with Crippen molar-refractivity contribution < 1.29 is 4.21 Å². The second-order valence-electron chi connectivity index (χ2n) is 4.35. The number of halogens is 1. The molecule has 0 amide bonds. The third-order valence-corrected chi connectivity index (χ3v) is 3.96. The van der Waals surface area contributed by atoms with Crippen molar-refractivity contribution in [3.05, 3.63) is 34.3 Å². The number of hydrogen-bond acceptors (Lipinski definition) is 2. The van der Waals surface area contributed by atoms with E-state index in [9.17, 15) is 4.21 Å². The van der Waals surface area contributed by atoms with E-state index in [4.69, 9.17) is 5.73 Å². The number of rotatable bonds is 4. The molecule has 2 nitrogen and oxygen atoms in total. The van der Waals surface area contributed by atoms with Crippen molar-refractivity contribution >= 4 is 26.7 Å². The van der Waals surface area contributed by atoms with Gasteiger partial charge in [-0.1, -0.05) is 28.1 Å². The molecule has 2 N–H and O–H groups in total. The summed E-state index contributed by atoms with van der Waals surface area (Å²) in [7, 11) is -0.895. The van der Waals surface area contributed by atoms with Crippen LogP contribution in [0.15, 0.2) is 28.7 Å². The van der Waals surface area contributed by atoms with Gasteiger partial charge >= 0.3 is 0 Å². The summed E-state index contributed by atoms with van der Waals surface area (Å²) in [6.07, 6.45) is 0. The fourth-order valence-electron chi connectivity index (χ4n) is 1.28. The summed E-state index contributed by atoms with van der Waals surface area (Å²) in [6, 6.07) is 7.87. The molecule has 4 heteroatoms. The zero-order chi connectivity index (χ0) is 11.5. The Morgan fingerprint density at radius 2 is 2.13 bits per heavy atom. The molecule has 0 spiro atoms. The standard InChI is InChI=1S/C11H16BrNOS/c1-11(2,13)8-15(14)7-9-4-3-5-10(12)6-9/h3-6H,7-8,13H2,1-2H3. The van der Waals surface area contributed by atoms with Gasteiger partial charge in [0.25, 0.3) is 0 Å². The predicted octanol–water partition coefficient (Wildman–Crippen LogP) is 2.44. The van der Waals surface area contributed by atoms with Gasteiger partial charge in [0.2, 0.25) is 0 Å². The fourth-order valence-corrected chi connectivity index (χ4v) is 3.21. The van der Waals surface area contributed by atoms with Crippen LogP contribution in [0.25, 0.3) is 0 Å². The van der Waals surface area contributed by atoms with Crippen molar-refractivity contribution in [3.63, 3.8) is 0 Å². The van der Waals surface area contributed by atoms with Crippen molar-refractivity contribution in [2.45, 2.75) is 25.1 Å². The van der Waals surface area contributed by atoms with Crippen molar-refractivity contribution in [1.82, 2.24) is 0 Å². The summed E-state index contributed by atoms with van der Waals surface area (Å²) in [5.41, 5.74) is 6.53. The Bertz CT molecular complexity index is 360. The molecule has 1 aromatic rings. The monoisotopic (exact) mass is 289 g/mol. The highest BCUT2D eigenvalue weighted by atomic mass is 79.9. The molecule has 0 saturated heterocycles. The van der Waals surface area contributed by atoms with E-state index in [-0.39, 0.29) is 5.54 Å². The lowest BCUT2D eigenvalue weighted by Crippen LogP contribution is -2.38. The van der Waals surface area contributed by atoms with E-state index < -0.39 is 10.8 Å². The van der Waals surface area contributed by atoms with Crippen LogP contribution >= 0.6 is 15.9 Å². The highest BCUT2D eigenvalue weighted by molar-refractivity contribution is 9.10. The van der Waals surface area contributed by atoms with Gasteiger partial charge in [-0.25, -0.2) is 0 Å². The Labute approximate surface area is 102 Å². The first-order valence-electron chi connectivity index (χ1n) is 4.75. The maximum Gasteiger partial charge on any atom is 0.0486 e. The van der Waals surface area contributed by atoms with E-state index in [1.165, 1.54) is 0 Å². The summed E-state index contributed by atoms with van der Waals surface area (Å²) < 4.78 is 12.8. The first kappa shape index (κ1) is 12.9. The second-order valence-corrected chi connectivity index (χ2v) is 6.72. The first-order valence-corrected chi connectivity index (χ1v) is 7.03. The molecule has 0 aliphatic heterocycles. The molecule has 1 atom stereocenters. The normalized spacial score (nSPS) is 13.9. The maximum absolute atomic E-state index is 11.8. The van der Waals surface area contributed by atoms with Gasteiger partial charge in [-0.15, -0.1) is 0 Å². The van der Waals surface area contributed by atoms with Crippen LogP contribution < -0.4 is 5.73 Å². The molecule has 0 fully saturated rings. The molecule has 0 bridgehead atoms. The Morgan fingerprint density at radius 1 is 1.47 bits per heavy atom. The smallest absolute Gasteiger partial charge is 0.0486 e. The fraction of sp³-hybridized carbons (Fsp3) is 0.455. The van der Waals surface area contributed by atoms with Gasteiger partial charge in [-0.05, 0) is 31.5 Å². The Kier molecular flexibility index (Phi) is 4.49. The molecular weight excluding hydrogens is 274 g/mol. The molecule has 0 radical (unpaired) electrons. The third kappa shape index (κ3) is 5.44. The quantitative estimate of drug-likeness (QED) is 0.925. The van der Waals surface area contributed by atoms with Crippen LogP contribution in [0.2, 0.25) is 0 Å². The van der Waals surface area contributed by atoms with Gasteiger partial charge in [0.1, 0.15) is 0 Å². The van der Waals surface area contributed by atoms with E-state index in [0.29, 0.717) is 11.5 Å². The largest absolute Gasteiger partial charge is 0.325 e. The number of hydrogen-bond donors (Lipinski definition) is 1. The molecule has 0 saturated carbocycles. The zero-order valence-corrected chi connectivity index (χ0v) is 11.4. The third-order valence-electron chi connectivity index (χ3n) is 1.75. The van der Waals surface area contributed by atoms with Crippen LogP contribution in [0.1, 0.15) is 19.4 Å². The van der Waals surface area contributed by atoms with Crippen molar-refractivity contribution in [3.8, 4) is 0 Å².